The summed E-state index contributed by atoms with van der Waals surface area (Å²) in [5, 5.41) is 14.2. The van der Waals surface area contributed by atoms with Gasteiger partial charge in [0, 0.05) is 23.3 Å². The summed E-state index contributed by atoms with van der Waals surface area (Å²) in [6.07, 6.45) is 0.916. The van der Waals surface area contributed by atoms with Crippen LogP contribution in [-0.4, -0.2) is 41.5 Å². The number of esters is 1. The molecule has 0 fully saturated rings. The van der Waals surface area contributed by atoms with E-state index in [1.807, 2.05) is 68.4 Å². The molecule has 4 rings (SSSR count). The largest absolute Gasteiger partial charge is 0.491 e. The lowest BCUT2D eigenvalue weighted by molar-refractivity contribution is 0.0527. The van der Waals surface area contributed by atoms with Crippen LogP contribution < -0.4 is 10.1 Å². The standard InChI is InChI=1S/C27H30N2O5/c1-4-32-27(31)26-19(3)29(20-9-7-18(2)8-10-20)25-12-11-22(14-24(25)26)34-17-21(30)15-28-16-23-6-5-13-33-23/h5-14,21,28,30H,4,15-17H2,1-3H3. The minimum atomic E-state index is -0.700. The number of hydrogen-bond donors (Lipinski definition) is 2. The van der Waals surface area contributed by atoms with Gasteiger partial charge < -0.3 is 28.9 Å². The topological polar surface area (TPSA) is 85.9 Å². The van der Waals surface area contributed by atoms with E-state index in [-0.39, 0.29) is 12.6 Å². The molecule has 0 aliphatic rings. The van der Waals surface area contributed by atoms with Crippen LogP contribution in [0.2, 0.25) is 0 Å². The molecule has 0 aliphatic carbocycles. The van der Waals surface area contributed by atoms with Crippen molar-refractivity contribution in [2.24, 2.45) is 0 Å². The molecular formula is C27H30N2O5. The third-order valence-electron chi connectivity index (χ3n) is 5.65. The second kappa shape index (κ2) is 10.6. The van der Waals surface area contributed by atoms with Crippen LogP contribution in [0.5, 0.6) is 5.75 Å². The van der Waals surface area contributed by atoms with E-state index in [1.54, 1.807) is 13.2 Å². The Morgan fingerprint density at radius 3 is 2.65 bits per heavy atom. The lowest BCUT2D eigenvalue weighted by atomic mass is 10.1. The number of rotatable bonds is 10. The summed E-state index contributed by atoms with van der Waals surface area (Å²) in [7, 11) is 0. The van der Waals surface area contributed by atoms with Crippen molar-refractivity contribution in [3.8, 4) is 11.4 Å². The minimum absolute atomic E-state index is 0.114. The van der Waals surface area contributed by atoms with Gasteiger partial charge in [-0.3, -0.25) is 0 Å². The van der Waals surface area contributed by atoms with Crippen molar-refractivity contribution in [1.82, 2.24) is 9.88 Å². The van der Waals surface area contributed by atoms with Crippen LogP contribution in [0.1, 0.15) is 34.3 Å². The molecule has 4 aromatic rings. The average molecular weight is 463 g/mol. The van der Waals surface area contributed by atoms with E-state index < -0.39 is 6.10 Å². The van der Waals surface area contributed by atoms with Gasteiger partial charge in [-0.2, -0.15) is 0 Å². The number of furan rings is 1. The van der Waals surface area contributed by atoms with Gasteiger partial charge in [-0.1, -0.05) is 17.7 Å². The predicted octanol–water partition coefficient (Wildman–Crippen LogP) is 4.55. The van der Waals surface area contributed by atoms with Crippen molar-refractivity contribution >= 4 is 16.9 Å². The first-order valence-corrected chi connectivity index (χ1v) is 11.4. The Kier molecular flexibility index (Phi) is 7.35. The maximum Gasteiger partial charge on any atom is 0.340 e. The van der Waals surface area contributed by atoms with Crippen LogP contribution in [0.25, 0.3) is 16.6 Å². The first-order valence-electron chi connectivity index (χ1n) is 11.4. The number of hydrogen-bond acceptors (Lipinski definition) is 6. The number of carbonyl (C=O) groups is 1. The zero-order valence-electron chi connectivity index (χ0n) is 19.7. The fourth-order valence-corrected chi connectivity index (χ4v) is 4.00. The Hall–Kier alpha value is -3.55. The van der Waals surface area contributed by atoms with E-state index in [0.717, 1.165) is 33.6 Å². The number of fused-ring (bicyclic) bond motifs is 1. The molecule has 1 atom stereocenters. The molecule has 2 N–H and O–H groups in total. The minimum Gasteiger partial charge on any atom is -0.491 e. The molecule has 0 amide bonds. The van der Waals surface area contributed by atoms with Gasteiger partial charge in [0.1, 0.15) is 24.2 Å². The highest BCUT2D eigenvalue weighted by molar-refractivity contribution is 6.07. The Balaban J connectivity index is 1.55. The molecule has 0 radical (unpaired) electrons. The molecule has 2 aromatic carbocycles. The normalized spacial score (nSPS) is 12.1. The number of benzene rings is 2. The third-order valence-corrected chi connectivity index (χ3v) is 5.65. The van der Waals surface area contributed by atoms with Crippen LogP contribution in [0.15, 0.2) is 65.3 Å². The Labute approximate surface area is 198 Å². The van der Waals surface area contributed by atoms with Gasteiger partial charge in [0.05, 0.1) is 30.5 Å². The van der Waals surface area contributed by atoms with Crippen molar-refractivity contribution in [3.05, 3.63) is 83.4 Å². The predicted molar refractivity (Wildman–Crippen MR) is 131 cm³/mol. The summed E-state index contributed by atoms with van der Waals surface area (Å²) in [4.78, 5) is 12.8. The second-order valence-electron chi connectivity index (χ2n) is 8.21. The Bertz CT molecular complexity index is 1240. The van der Waals surface area contributed by atoms with Gasteiger partial charge in [-0.05, 0) is 63.2 Å². The van der Waals surface area contributed by atoms with Gasteiger partial charge in [0.25, 0.3) is 0 Å². The highest BCUT2D eigenvalue weighted by Crippen LogP contribution is 2.32. The number of aliphatic hydroxyl groups excluding tert-OH is 1. The van der Waals surface area contributed by atoms with Gasteiger partial charge in [-0.25, -0.2) is 4.79 Å². The van der Waals surface area contributed by atoms with E-state index in [1.165, 1.54) is 0 Å². The fourth-order valence-electron chi connectivity index (χ4n) is 4.00. The summed E-state index contributed by atoms with van der Waals surface area (Å²) >= 11 is 0. The summed E-state index contributed by atoms with van der Waals surface area (Å²) in [6.45, 7) is 7.05. The summed E-state index contributed by atoms with van der Waals surface area (Å²) < 4.78 is 18.5. The lowest BCUT2D eigenvalue weighted by Crippen LogP contribution is -2.31. The Morgan fingerprint density at radius 2 is 1.94 bits per heavy atom. The molecule has 0 aliphatic heterocycles. The van der Waals surface area contributed by atoms with Crippen LogP contribution in [0.4, 0.5) is 0 Å². The van der Waals surface area contributed by atoms with Gasteiger partial charge >= 0.3 is 5.97 Å². The molecular weight excluding hydrogens is 432 g/mol. The molecule has 1 unspecified atom stereocenters. The van der Waals surface area contributed by atoms with Gasteiger partial charge in [0.2, 0.25) is 0 Å². The van der Waals surface area contributed by atoms with E-state index in [4.69, 9.17) is 13.9 Å². The zero-order valence-corrected chi connectivity index (χ0v) is 19.7. The molecule has 178 valence electrons. The number of ether oxygens (including phenoxy) is 2. The van der Waals surface area contributed by atoms with Crippen molar-refractivity contribution < 1.29 is 23.8 Å². The van der Waals surface area contributed by atoms with Crippen LogP contribution >= 0.6 is 0 Å². The number of carbonyl (C=O) groups excluding carboxylic acids is 1. The second-order valence-corrected chi connectivity index (χ2v) is 8.21. The smallest absolute Gasteiger partial charge is 0.340 e. The summed E-state index contributed by atoms with van der Waals surface area (Å²) in [5.74, 6) is 1.01. The lowest BCUT2D eigenvalue weighted by Gasteiger charge is -2.13. The molecule has 0 saturated carbocycles. The van der Waals surface area contributed by atoms with Gasteiger partial charge in [-0.15, -0.1) is 0 Å². The first-order chi connectivity index (χ1) is 16.5. The quantitative estimate of drug-likeness (QED) is 0.337. The number of aliphatic hydroxyl groups is 1. The molecule has 7 heteroatoms. The van der Waals surface area contributed by atoms with Crippen LogP contribution in [-0.2, 0) is 11.3 Å². The SMILES string of the molecule is CCOC(=O)c1c(C)n(-c2ccc(C)cc2)c2ccc(OCC(O)CNCc3ccco3)cc12. The first kappa shape index (κ1) is 23.6. The molecule has 0 bridgehead atoms. The fraction of sp³-hybridized carbons (Fsp3) is 0.296. The van der Waals surface area contributed by atoms with E-state index in [0.29, 0.717) is 31.0 Å². The highest BCUT2D eigenvalue weighted by atomic mass is 16.5. The number of aryl methyl sites for hydroxylation is 1. The van der Waals surface area contributed by atoms with Crippen molar-refractivity contribution in [1.29, 1.82) is 0 Å². The third kappa shape index (κ3) is 5.16. The zero-order chi connectivity index (χ0) is 24.1. The molecule has 34 heavy (non-hydrogen) atoms. The maximum atomic E-state index is 12.8. The number of nitrogens with zero attached hydrogens (tertiary/aromatic N) is 1. The van der Waals surface area contributed by atoms with Crippen LogP contribution in [0.3, 0.4) is 0 Å². The van der Waals surface area contributed by atoms with Crippen molar-refractivity contribution in [3.63, 3.8) is 0 Å². The molecule has 0 spiro atoms. The van der Waals surface area contributed by atoms with Crippen LogP contribution in [0, 0.1) is 13.8 Å². The monoisotopic (exact) mass is 462 g/mol. The van der Waals surface area contributed by atoms with Gasteiger partial charge in [0.15, 0.2) is 0 Å². The van der Waals surface area contributed by atoms with Crippen molar-refractivity contribution in [2.45, 2.75) is 33.4 Å². The highest BCUT2D eigenvalue weighted by Gasteiger charge is 2.22. The summed E-state index contributed by atoms with van der Waals surface area (Å²) in [5.41, 5.74) is 4.34. The Morgan fingerprint density at radius 1 is 1.15 bits per heavy atom. The van der Waals surface area contributed by atoms with E-state index >= 15 is 0 Å². The van der Waals surface area contributed by atoms with Crippen molar-refractivity contribution in [2.75, 3.05) is 19.8 Å². The number of aromatic nitrogens is 1. The van der Waals surface area contributed by atoms with E-state index in [2.05, 4.69) is 9.88 Å². The summed E-state index contributed by atoms with van der Waals surface area (Å²) in [6, 6.07) is 17.5. The average Bonchev–Trinajstić information content (AvgIpc) is 3.43. The molecule has 2 aromatic heterocycles. The molecule has 0 saturated heterocycles. The maximum absolute atomic E-state index is 12.8. The molecule has 2 heterocycles. The van der Waals surface area contributed by atoms with E-state index in [9.17, 15) is 9.90 Å². The number of nitrogens with one attached hydrogen (secondary N) is 1. The molecule has 7 nitrogen and oxygen atoms in total.